The number of benzene rings is 2. The Balaban J connectivity index is 2.24. The molecule has 0 unspecified atom stereocenters. The van der Waals surface area contributed by atoms with Crippen LogP contribution in [-0.2, 0) is 9.84 Å². The fraction of sp³-hybridized carbons (Fsp3) is 0.0667. The van der Waals surface area contributed by atoms with Crippen LogP contribution >= 0.6 is 15.9 Å². The van der Waals surface area contributed by atoms with Gasteiger partial charge < -0.3 is 9.72 Å². The minimum Gasteiger partial charge on any atom is -0.497 e. The quantitative estimate of drug-likeness (QED) is 0.768. The highest BCUT2D eigenvalue weighted by atomic mass is 79.9. The van der Waals surface area contributed by atoms with E-state index in [-0.39, 0.29) is 9.92 Å². The molecule has 0 fully saturated rings. The molecule has 0 spiro atoms. The highest BCUT2D eigenvalue weighted by Crippen LogP contribution is 2.35. The second-order valence-electron chi connectivity index (χ2n) is 4.50. The van der Waals surface area contributed by atoms with Crippen molar-refractivity contribution in [1.29, 1.82) is 0 Å². The fourth-order valence-electron chi connectivity index (χ4n) is 2.14. The summed E-state index contributed by atoms with van der Waals surface area (Å²) < 4.78 is 31.1. The van der Waals surface area contributed by atoms with Crippen molar-refractivity contribution < 1.29 is 13.2 Å². The van der Waals surface area contributed by atoms with E-state index in [0.717, 1.165) is 10.9 Å². The molecule has 3 rings (SSSR count). The summed E-state index contributed by atoms with van der Waals surface area (Å²) >= 11 is 3.38. The molecule has 0 saturated carbocycles. The zero-order valence-corrected chi connectivity index (χ0v) is 13.5. The van der Waals surface area contributed by atoms with Crippen LogP contribution in [0.4, 0.5) is 0 Å². The first-order chi connectivity index (χ1) is 10.0. The zero-order chi connectivity index (χ0) is 15.0. The number of sulfone groups is 1. The molecule has 6 heteroatoms. The maximum Gasteiger partial charge on any atom is 0.222 e. The number of hydrogen-bond acceptors (Lipinski definition) is 3. The number of aromatic amines is 1. The van der Waals surface area contributed by atoms with E-state index in [0.29, 0.717) is 10.2 Å². The second-order valence-corrected chi connectivity index (χ2v) is 7.18. The summed E-state index contributed by atoms with van der Waals surface area (Å²) in [6.45, 7) is 0. The number of halogens is 1. The van der Waals surface area contributed by atoms with Gasteiger partial charge in [-0.25, -0.2) is 8.42 Å². The Morgan fingerprint density at radius 1 is 1.10 bits per heavy atom. The van der Waals surface area contributed by atoms with Gasteiger partial charge in [-0.15, -0.1) is 0 Å². The Hall–Kier alpha value is -1.79. The molecule has 21 heavy (non-hydrogen) atoms. The van der Waals surface area contributed by atoms with E-state index in [2.05, 4.69) is 20.9 Å². The highest BCUT2D eigenvalue weighted by Gasteiger charge is 2.24. The van der Waals surface area contributed by atoms with Gasteiger partial charge in [-0.05, 0) is 46.3 Å². The molecule has 0 radical (unpaired) electrons. The Kier molecular flexibility index (Phi) is 3.51. The van der Waals surface area contributed by atoms with E-state index >= 15 is 0 Å². The predicted octanol–water partition coefficient (Wildman–Crippen LogP) is 3.77. The molecule has 0 amide bonds. The van der Waals surface area contributed by atoms with E-state index in [4.69, 9.17) is 4.74 Å². The van der Waals surface area contributed by atoms with E-state index in [1.54, 1.807) is 55.6 Å². The Morgan fingerprint density at radius 3 is 2.48 bits per heavy atom. The molecule has 1 N–H and O–H groups in total. The van der Waals surface area contributed by atoms with Crippen molar-refractivity contribution in [2.75, 3.05) is 7.11 Å². The van der Waals surface area contributed by atoms with Gasteiger partial charge in [-0.3, -0.25) is 0 Å². The predicted molar refractivity (Wildman–Crippen MR) is 84.4 cm³/mol. The number of ether oxygens (including phenoxy) is 1. The third-order valence-corrected chi connectivity index (χ3v) is 6.06. The minimum absolute atomic E-state index is 0.150. The smallest absolute Gasteiger partial charge is 0.222 e. The lowest BCUT2D eigenvalue weighted by Gasteiger charge is -2.02. The van der Waals surface area contributed by atoms with Crippen LogP contribution in [0.25, 0.3) is 10.9 Å². The maximum atomic E-state index is 12.7. The van der Waals surface area contributed by atoms with E-state index in [9.17, 15) is 8.42 Å². The van der Waals surface area contributed by atoms with Gasteiger partial charge in [0.25, 0.3) is 0 Å². The van der Waals surface area contributed by atoms with Crippen LogP contribution < -0.4 is 4.74 Å². The van der Waals surface area contributed by atoms with Gasteiger partial charge in [0.2, 0.25) is 9.84 Å². The lowest BCUT2D eigenvalue weighted by atomic mass is 10.2. The molecule has 1 heterocycles. The SMILES string of the molecule is COc1ccc2[nH]c(S(=O)(=O)c3ccccc3)c(Br)c2c1. The standard InChI is InChI=1S/C15H12BrNO3S/c1-20-10-7-8-13-12(9-10)14(16)15(17-13)21(18,19)11-5-3-2-4-6-11/h2-9,17H,1H3. The number of methoxy groups -OCH3 is 1. The van der Waals surface area contributed by atoms with Crippen LogP contribution in [0, 0.1) is 0 Å². The first-order valence-corrected chi connectivity index (χ1v) is 8.47. The van der Waals surface area contributed by atoms with Crippen molar-refractivity contribution in [1.82, 2.24) is 4.98 Å². The molecule has 0 bridgehead atoms. The summed E-state index contributed by atoms with van der Waals surface area (Å²) in [5.41, 5.74) is 0.734. The number of nitrogens with one attached hydrogen (secondary N) is 1. The average molecular weight is 366 g/mol. The lowest BCUT2D eigenvalue weighted by Crippen LogP contribution is -2.02. The molecule has 0 aliphatic heterocycles. The molecule has 0 aliphatic carbocycles. The maximum absolute atomic E-state index is 12.7. The average Bonchev–Trinajstić information content (AvgIpc) is 2.85. The van der Waals surface area contributed by atoms with Gasteiger partial charge in [0.05, 0.1) is 16.5 Å². The molecular weight excluding hydrogens is 354 g/mol. The molecule has 0 aliphatic rings. The molecule has 0 saturated heterocycles. The summed E-state index contributed by atoms with van der Waals surface area (Å²) in [6.07, 6.45) is 0. The van der Waals surface area contributed by atoms with Crippen molar-refractivity contribution in [2.45, 2.75) is 9.92 Å². The van der Waals surface area contributed by atoms with E-state index in [1.807, 2.05) is 0 Å². The first kappa shape index (κ1) is 14.2. The van der Waals surface area contributed by atoms with Crippen LogP contribution in [0.15, 0.2) is 62.9 Å². The van der Waals surface area contributed by atoms with Crippen LogP contribution in [-0.4, -0.2) is 20.5 Å². The number of aromatic nitrogens is 1. The zero-order valence-electron chi connectivity index (χ0n) is 11.1. The van der Waals surface area contributed by atoms with Gasteiger partial charge in [0.15, 0.2) is 5.03 Å². The molecule has 2 aromatic carbocycles. The van der Waals surface area contributed by atoms with Crippen molar-refractivity contribution in [3.05, 3.63) is 53.0 Å². The number of rotatable bonds is 3. The monoisotopic (exact) mass is 365 g/mol. The van der Waals surface area contributed by atoms with Crippen molar-refractivity contribution >= 4 is 36.7 Å². The van der Waals surface area contributed by atoms with Crippen molar-refractivity contribution in [3.8, 4) is 5.75 Å². The molecule has 0 atom stereocenters. The van der Waals surface area contributed by atoms with Crippen LogP contribution in [0.3, 0.4) is 0 Å². The fourth-order valence-corrected chi connectivity index (χ4v) is 4.55. The summed E-state index contributed by atoms with van der Waals surface area (Å²) in [5, 5.41) is 0.917. The van der Waals surface area contributed by atoms with E-state index in [1.165, 1.54) is 0 Å². The second kappa shape index (κ2) is 5.20. The normalized spacial score (nSPS) is 11.7. The summed E-state index contributed by atoms with van der Waals surface area (Å²) in [7, 11) is -2.02. The van der Waals surface area contributed by atoms with Gasteiger partial charge in [-0.1, -0.05) is 18.2 Å². The highest BCUT2D eigenvalue weighted by molar-refractivity contribution is 9.10. The van der Waals surface area contributed by atoms with Gasteiger partial charge >= 0.3 is 0 Å². The molecule has 1 aromatic heterocycles. The van der Waals surface area contributed by atoms with Crippen LogP contribution in [0.1, 0.15) is 0 Å². The van der Waals surface area contributed by atoms with Gasteiger partial charge in [0.1, 0.15) is 5.75 Å². The molecular formula is C15H12BrNO3S. The van der Waals surface area contributed by atoms with Gasteiger partial charge in [0, 0.05) is 10.9 Å². The summed E-state index contributed by atoms with van der Waals surface area (Å²) in [6, 6.07) is 13.7. The lowest BCUT2D eigenvalue weighted by molar-refractivity contribution is 0.415. The Bertz CT molecular complexity index is 901. The third-order valence-electron chi connectivity index (χ3n) is 3.23. The van der Waals surface area contributed by atoms with E-state index < -0.39 is 9.84 Å². The Morgan fingerprint density at radius 2 is 1.81 bits per heavy atom. The van der Waals surface area contributed by atoms with Gasteiger partial charge in [-0.2, -0.15) is 0 Å². The van der Waals surface area contributed by atoms with Crippen LogP contribution in [0.2, 0.25) is 0 Å². The molecule has 108 valence electrons. The third kappa shape index (κ3) is 2.34. The number of fused-ring (bicyclic) bond motifs is 1. The first-order valence-electron chi connectivity index (χ1n) is 6.19. The number of H-pyrrole nitrogens is 1. The summed E-state index contributed by atoms with van der Waals surface area (Å²) in [4.78, 5) is 3.22. The van der Waals surface area contributed by atoms with Crippen molar-refractivity contribution in [3.63, 3.8) is 0 Å². The topological polar surface area (TPSA) is 59.2 Å². The van der Waals surface area contributed by atoms with Crippen molar-refractivity contribution in [2.24, 2.45) is 0 Å². The molecule has 3 aromatic rings. The Labute approximate surface area is 130 Å². The molecule has 4 nitrogen and oxygen atoms in total. The van der Waals surface area contributed by atoms with Crippen LogP contribution in [0.5, 0.6) is 5.75 Å². The minimum atomic E-state index is -3.59. The largest absolute Gasteiger partial charge is 0.497 e. The summed E-state index contributed by atoms with van der Waals surface area (Å²) in [5.74, 6) is 0.672. The number of hydrogen-bond donors (Lipinski definition) is 1.